The summed E-state index contributed by atoms with van der Waals surface area (Å²) in [4.78, 5) is 27.2. The monoisotopic (exact) mass is 368 g/mol. The highest BCUT2D eigenvalue weighted by Crippen LogP contribution is 2.36. The van der Waals surface area contributed by atoms with E-state index in [9.17, 15) is 9.59 Å². The number of para-hydroxylation sites is 2. The standard InChI is InChI=1S/C20H20N2O5/c1-2-9-21-19(23)18-11-22(14-5-3-4-6-15(14)27-18)20(24)13-7-8-16-17(10-13)26-12-25-16/h3-8,10,18H,2,9,11-12H2,1H3,(H,21,23). The number of nitrogens with one attached hydrogen (secondary N) is 1. The van der Waals surface area contributed by atoms with Crippen molar-refractivity contribution in [2.75, 3.05) is 24.8 Å². The van der Waals surface area contributed by atoms with Gasteiger partial charge < -0.3 is 24.4 Å². The Morgan fingerprint density at radius 3 is 2.78 bits per heavy atom. The number of anilines is 1. The minimum atomic E-state index is -0.760. The Bertz CT molecular complexity index is 882. The molecule has 27 heavy (non-hydrogen) atoms. The van der Waals surface area contributed by atoms with Crippen LogP contribution >= 0.6 is 0 Å². The fourth-order valence-corrected chi connectivity index (χ4v) is 3.11. The van der Waals surface area contributed by atoms with Crippen molar-refractivity contribution < 1.29 is 23.8 Å². The van der Waals surface area contributed by atoms with Crippen LogP contribution in [0.2, 0.25) is 0 Å². The SMILES string of the molecule is CCCNC(=O)C1CN(C(=O)c2ccc3c(c2)OCO3)c2ccccc2O1. The van der Waals surface area contributed by atoms with Crippen LogP contribution in [-0.2, 0) is 4.79 Å². The molecule has 0 saturated carbocycles. The van der Waals surface area contributed by atoms with Gasteiger partial charge in [0.25, 0.3) is 11.8 Å². The van der Waals surface area contributed by atoms with Gasteiger partial charge in [0.15, 0.2) is 17.6 Å². The second kappa shape index (κ2) is 7.19. The van der Waals surface area contributed by atoms with Gasteiger partial charge in [-0.25, -0.2) is 0 Å². The lowest BCUT2D eigenvalue weighted by Crippen LogP contribution is -2.50. The third-order valence-corrected chi connectivity index (χ3v) is 4.48. The summed E-state index contributed by atoms with van der Waals surface area (Å²) >= 11 is 0. The van der Waals surface area contributed by atoms with Gasteiger partial charge in [0.05, 0.1) is 12.2 Å². The summed E-state index contributed by atoms with van der Waals surface area (Å²) in [6, 6.07) is 12.3. The zero-order valence-electron chi connectivity index (χ0n) is 14.9. The van der Waals surface area contributed by atoms with Crippen molar-refractivity contribution in [2.45, 2.75) is 19.4 Å². The van der Waals surface area contributed by atoms with Gasteiger partial charge >= 0.3 is 0 Å². The molecule has 7 heteroatoms. The van der Waals surface area contributed by atoms with Crippen LogP contribution in [0.15, 0.2) is 42.5 Å². The van der Waals surface area contributed by atoms with Crippen molar-refractivity contribution in [2.24, 2.45) is 0 Å². The molecule has 0 aromatic heterocycles. The Kier molecular flexibility index (Phi) is 4.58. The van der Waals surface area contributed by atoms with Crippen LogP contribution in [0.5, 0.6) is 17.2 Å². The fraction of sp³-hybridized carbons (Fsp3) is 0.300. The van der Waals surface area contributed by atoms with Gasteiger partial charge in [-0.2, -0.15) is 0 Å². The summed E-state index contributed by atoms with van der Waals surface area (Å²) in [7, 11) is 0. The molecule has 7 nitrogen and oxygen atoms in total. The molecule has 0 spiro atoms. The summed E-state index contributed by atoms with van der Waals surface area (Å²) in [5.74, 6) is 1.21. The number of benzene rings is 2. The van der Waals surface area contributed by atoms with Crippen LogP contribution in [0.25, 0.3) is 0 Å². The van der Waals surface area contributed by atoms with Crippen LogP contribution in [0, 0.1) is 0 Å². The van der Waals surface area contributed by atoms with Gasteiger partial charge in [-0.15, -0.1) is 0 Å². The molecule has 0 radical (unpaired) electrons. The maximum Gasteiger partial charge on any atom is 0.262 e. The highest BCUT2D eigenvalue weighted by Gasteiger charge is 2.34. The minimum Gasteiger partial charge on any atom is -0.477 e. The number of hydrogen-bond acceptors (Lipinski definition) is 5. The molecule has 0 fully saturated rings. The molecule has 0 saturated heterocycles. The van der Waals surface area contributed by atoms with Gasteiger partial charge in [-0.05, 0) is 36.8 Å². The number of ether oxygens (including phenoxy) is 3. The van der Waals surface area contributed by atoms with E-state index in [2.05, 4.69) is 5.32 Å². The predicted octanol–water partition coefficient (Wildman–Crippen LogP) is 2.35. The quantitative estimate of drug-likeness (QED) is 0.896. The first-order valence-corrected chi connectivity index (χ1v) is 8.92. The normalized spacial score (nSPS) is 17.1. The zero-order valence-corrected chi connectivity index (χ0v) is 14.9. The van der Waals surface area contributed by atoms with E-state index in [1.165, 1.54) is 0 Å². The first-order chi connectivity index (χ1) is 13.2. The van der Waals surface area contributed by atoms with E-state index in [4.69, 9.17) is 14.2 Å². The maximum atomic E-state index is 13.2. The molecule has 2 aliphatic rings. The van der Waals surface area contributed by atoms with E-state index < -0.39 is 6.10 Å². The number of nitrogens with zero attached hydrogens (tertiary/aromatic N) is 1. The lowest BCUT2D eigenvalue weighted by Gasteiger charge is -2.34. The highest BCUT2D eigenvalue weighted by atomic mass is 16.7. The number of hydrogen-bond donors (Lipinski definition) is 1. The number of carbonyl (C=O) groups is 2. The molecule has 0 aliphatic carbocycles. The molecule has 1 N–H and O–H groups in total. The van der Waals surface area contributed by atoms with Crippen molar-refractivity contribution in [1.29, 1.82) is 0 Å². The summed E-state index contributed by atoms with van der Waals surface area (Å²) in [6.07, 6.45) is 0.0685. The summed E-state index contributed by atoms with van der Waals surface area (Å²) < 4.78 is 16.5. The number of fused-ring (bicyclic) bond motifs is 2. The third-order valence-electron chi connectivity index (χ3n) is 4.48. The molecule has 2 aliphatic heterocycles. The van der Waals surface area contributed by atoms with Crippen LogP contribution in [0.1, 0.15) is 23.7 Å². The van der Waals surface area contributed by atoms with Gasteiger partial charge in [0, 0.05) is 12.1 Å². The largest absolute Gasteiger partial charge is 0.477 e. The molecular weight excluding hydrogens is 348 g/mol. The van der Waals surface area contributed by atoms with Crippen molar-refractivity contribution in [3.8, 4) is 17.2 Å². The summed E-state index contributed by atoms with van der Waals surface area (Å²) in [5.41, 5.74) is 1.10. The molecule has 2 aromatic rings. The van der Waals surface area contributed by atoms with Crippen LogP contribution in [-0.4, -0.2) is 37.8 Å². The molecule has 1 atom stereocenters. The first-order valence-electron chi connectivity index (χ1n) is 8.92. The van der Waals surface area contributed by atoms with Gasteiger partial charge in [0.1, 0.15) is 5.75 Å². The molecule has 1 unspecified atom stereocenters. The Morgan fingerprint density at radius 1 is 1.11 bits per heavy atom. The first kappa shape index (κ1) is 17.2. The third kappa shape index (κ3) is 3.28. The molecule has 4 rings (SSSR count). The highest BCUT2D eigenvalue weighted by molar-refractivity contribution is 6.08. The van der Waals surface area contributed by atoms with E-state index in [0.717, 1.165) is 6.42 Å². The van der Waals surface area contributed by atoms with Gasteiger partial charge in [-0.1, -0.05) is 19.1 Å². The molecule has 2 amide bonds. The minimum absolute atomic E-state index is 0.139. The second-order valence-electron chi connectivity index (χ2n) is 6.35. The van der Waals surface area contributed by atoms with E-state index in [-0.39, 0.29) is 25.2 Å². The second-order valence-corrected chi connectivity index (χ2v) is 6.35. The van der Waals surface area contributed by atoms with Crippen molar-refractivity contribution in [3.63, 3.8) is 0 Å². The van der Waals surface area contributed by atoms with Crippen LogP contribution in [0.3, 0.4) is 0 Å². The van der Waals surface area contributed by atoms with Crippen molar-refractivity contribution in [1.82, 2.24) is 5.32 Å². The fourth-order valence-electron chi connectivity index (χ4n) is 3.11. The van der Waals surface area contributed by atoms with E-state index in [0.29, 0.717) is 35.0 Å². The molecular formula is C20H20N2O5. The molecule has 2 heterocycles. The predicted molar refractivity (Wildman–Crippen MR) is 98.4 cm³/mol. The number of rotatable bonds is 4. The van der Waals surface area contributed by atoms with Crippen molar-refractivity contribution >= 4 is 17.5 Å². The van der Waals surface area contributed by atoms with E-state index >= 15 is 0 Å². The van der Waals surface area contributed by atoms with Gasteiger partial charge in [0.2, 0.25) is 6.79 Å². The Morgan fingerprint density at radius 2 is 1.93 bits per heavy atom. The molecule has 140 valence electrons. The number of amides is 2. The number of carbonyl (C=O) groups excluding carboxylic acids is 2. The van der Waals surface area contributed by atoms with Crippen molar-refractivity contribution in [3.05, 3.63) is 48.0 Å². The smallest absolute Gasteiger partial charge is 0.262 e. The lowest BCUT2D eigenvalue weighted by molar-refractivity contribution is -0.127. The van der Waals surface area contributed by atoms with E-state index in [1.807, 2.05) is 19.1 Å². The van der Waals surface area contributed by atoms with Gasteiger partial charge in [-0.3, -0.25) is 9.59 Å². The van der Waals surface area contributed by atoms with E-state index in [1.54, 1.807) is 35.2 Å². The van der Waals surface area contributed by atoms with Crippen LogP contribution in [0.4, 0.5) is 5.69 Å². The molecule has 0 bridgehead atoms. The van der Waals surface area contributed by atoms with Crippen LogP contribution < -0.4 is 24.4 Å². The lowest BCUT2D eigenvalue weighted by atomic mass is 10.1. The molecule has 2 aromatic carbocycles. The summed E-state index contributed by atoms with van der Waals surface area (Å²) in [6.45, 7) is 2.83. The Balaban J connectivity index is 1.63. The average Bonchev–Trinajstić information content (AvgIpc) is 3.18. The summed E-state index contributed by atoms with van der Waals surface area (Å²) in [5, 5.41) is 2.83. The zero-order chi connectivity index (χ0) is 18.8. The Labute approximate surface area is 156 Å². The Hall–Kier alpha value is -3.22. The topological polar surface area (TPSA) is 77.1 Å². The maximum absolute atomic E-state index is 13.2. The average molecular weight is 368 g/mol.